The zero-order valence-electron chi connectivity index (χ0n) is 8.71. The molecule has 1 fully saturated rings. The summed E-state index contributed by atoms with van der Waals surface area (Å²) in [5.41, 5.74) is 1.30. The lowest BCUT2D eigenvalue weighted by Gasteiger charge is -2.11. The van der Waals surface area contributed by atoms with Gasteiger partial charge in [-0.1, -0.05) is 25.0 Å². The minimum atomic E-state index is -0.165. The predicted molar refractivity (Wildman–Crippen MR) is 60.3 cm³/mol. The molecular formula is C13H13NO. The SMILES string of the molecule is C#Cc1ccccc1NC(=O)C1(C)CC1. The molecule has 15 heavy (non-hydrogen) atoms. The third kappa shape index (κ3) is 1.87. The molecule has 1 N–H and O–H groups in total. The number of para-hydroxylation sites is 1. The molecule has 1 aromatic carbocycles. The van der Waals surface area contributed by atoms with E-state index in [1.54, 1.807) is 0 Å². The van der Waals surface area contributed by atoms with Gasteiger partial charge in [-0.25, -0.2) is 0 Å². The molecule has 76 valence electrons. The Morgan fingerprint density at radius 2 is 2.13 bits per heavy atom. The summed E-state index contributed by atoms with van der Waals surface area (Å²) >= 11 is 0. The summed E-state index contributed by atoms with van der Waals surface area (Å²) < 4.78 is 0. The molecule has 1 aromatic rings. The van der Waals surface area contributed by atoms with Crippen molar-refractivity contribution >= 4 is 11.6 Å². The summed E-state index contributed by atoms with van der Waals surface area (Å²) in [6, 6.07) is 7.39. The second-order valence-electron chi connectivity index (χ2n) is 4.20. The van der Waals surface area contributed by atoms with Gasteiger partial charge in [-0.05, 0) is 25.0 Å². The molecule has 0 radical (unpaired) electrons. The van der Waals surface area contributed by atoms with E-state index in [9.17, 15) is 4.79 Å². The van der Waals surface area contributed by atoms with Gasteiger partial charge >= 0.3 is 0 Å². The first-order chi connectivity index (χ1) is 7.15. The molecular weight excluding hydrogens is 186 g/mol. The van der Waals surface area contributed by atoms with Crippen LogP contribution in [0.3, 0.4) is 0 Å². The molecule has 0 saturated heterocycles. The van der Waals surface area contributed by atoms with E-state index >= 15 is 0 Å². The molecule has 0 unspecified atom stereocenters. The Kier molecular flexibility index (Phi) is 2.24. The van der Waals surface area contributed by atoms with E-state index in [2.05, 4.69) is 11.2 Å². The van der Waals surface area contributed by atoms with Crippen LogP contribution in [0.25, 0.3) is 0 Å². The Labute approximate surface area is 89.7 Å². The van der Waals surface area contributed by atoms with Gasteiger partial charge in [0.2, 0.25) is 5.91 Å². The van der Waals surface area contributed by atoms with Gasteiger partial charge in [0.15, 0.2) is 0 Å². The molecule has 2 nitrogen and oxygen atoms in total. The fraction of sp³-hybridized carbons (Fsp3) is 0.308. The van der Waals surface area contributed by atoms with Crippen LogP contribution in [0, 0.1) is 17.8 Å². The Morgan fingerprint density at radius 3 is 2.73 bits per heavy atom. The van der Waals surface area contributed by atoms with Crippen molar-refractivity contribution in [2.45, 2.75) is 19.8 Å². The maximum atomic E-state index is 11.8. The average molecular weight is 199 g/mol. The Hall–Kier alpha value is -1.75. The molecule has 0 atom stereocenters. The monoisotopic (exact) mass is 199 g/mol. The van der Waals surface area contributed by atoms with Gasteiger partial charge in [0, 0.05) is 11.0 Å². The summed E-state index contributed by atoms with van der Waals surface area (Å²) in [5.74, 6) is 2.63. The normalized spacial score (nSPS) is 16.5. The Balaban J connectivity index is 2.18. The van der Waals surface area contributed by atoms with Crippen LogP contribution in [-0.2, 0) is 4.79 Å². The molecule has 0 bridgehead atoms. The number of carbonyl (C=O) groups excluding carboxylic acids is 1. The Morgan fingerprint density at radius 1 is 1.47 bits per heavy atom. The number of anilines is 1. The summed E-state index contributed by atoms with van der Waals surface area (Å²) in [6.45, 7) is 1.97. The van der Waals surface area contributed by atoms with E-state index in [1.807, 2.05) is 31.2 Å². The van der Waals surface area contributed by atoms with E-state index in [0.29, 0.717) is 0 Å². The first kappa shape index (κ1) is 9.79. The topological polar surface area (TPSA) is 29.1 Å². The molecule has 0 aliphatic heterocycles. The summed E-state index contributed by atoms with van der Waals surface area (Å²) in [4.78, 5) is 11.8. The molecule has 2 heteroatoms. The predicted octanol–water partition coefficient (Wildman–Crippen LogP) is 2.41. The number of nitrogens with one attached hydrogen (secondary N) is 1. The second-order valence-corrected chi connectivity index (χ2v) is 4.20. The van der Waals surface area contributed by atoms with Crippen LogP contribution in [0.1, 0.15) is 25.3 Å². The van der Waals surface area contributed by atoms with Gasteiger partial charge in [-0.15, -0.1) is 6.42 Å². The number of rotatable bonds is 2. The lowest BCUT2D eigenvalue weighted by Crippen LogP contribution is -2.21. The van der Waals surface area contributed by atoms with Crippen LogP contribution < -0.4 is 5.32 Å². The van der Waals surface area contributed by atoms with Crippen molar-refractivity contribution in [3.63, 3.8) is 0 Å². The molecule has 0 heterocycles. The van der Waals surface area contributed by atoms with Crippen LogP contribution in [-0.4, -0.2) is 5.91 Å². The van der Waals surface area contributed by atoms with Crippen LogP contribution in [0.15, 0.2) is 24.3 Å². The molecule has 1 saturated carbocycles. The third-order valence-corrected chi connectivity index (χ3v) is 2.88. The number of amides is 1. The lowest BCUT2D eigenvalue weighted by molar-refractivity contribution is -0.120. The number of benzene rings is 1. The third-order valence-electron chi connectivity index (χ3n) is 2.88. The highest BCUT2D eigenvalue weighted by Crippen LogP contribution is 2.45. The van der Waals surface area contributed by atoms with E-state index in [0.717, 1.165) is 24.1 Å². The zero-order valence-corrected chi connectivity index (χ0v) is 8.71. The standard InChI is InChI=1S/C13H13NO/c1-3-10-6-4-5-7-11(10)14-12(15)13(2)8-9-13/h1,4-7H,8-9H2,2H3,(H,14,15). The van der Waals surface area contributed by atoms with E-state index in [1.165, 1.54) is 0 Å². The van der Waals surface area contributed by atoms with Crippen molar-refractivity contribution in [1.29, 1.82) is 0 Å². The number of hydrogen-bond donors (Lipinski definition) is 1. The van der Waals surface area contributed by atoms with Gasteiger partial charge < -0.3 is 5.32 Å². The first-order valence-electron chi connectivity index (χ1n) is 5.03. The minimum absolute atomic E-state index is 0.0743. The first-order valence-corrected chi connectivity index (χ1v) is 5.03. The fourth-order valence-corrected chi connectivity index (χ4v) is 1.41. The van der Waals surface area contributed by atoms with Gasteiger partial charge in [-0.3, -0.25) is 4.79 Å². The quantitative estimate of drug-likeness (QED) is 0.728. The van der Waals surface area contributed by atoms with Gasteiger partial charge in [0.1, 0.15) is 0 Å². The fourth-order valence-electron chi connectivity index (χ4n) is 1.41. The van der Waals surface area contributed by atoms with Crippen molar-refractivity contribution in [1.82, 2.24) is 0 Å². The van der Waals surface area contributed by atoms with Crippen molar-refractivity contribution in [3.05, 3.63) is 29.8 Å². The molecule has 0 aromatic heterocycles. The average Bonchev–Trinajstić information content (AvgIpc) is 2.99. The van der Waals surface area contributed by atoms with Crippen LogP contribution in [0.4, 0.5) is 5.69 Å². The number of carbonyl (C=O) groups is 1. The molecule has 2 rings (SSSR count). The van der Waals surface area contributed by atoms with Gasteiger partial charge in [0.25, 0.3) is 0 Å². The highest BCUT2D eigenvalue weighted by molar-refractivity contribution is 5.97. The van der Waals surface area contributed by atoms with Crippen molar-refractivity contribution < 1.29 is 4.79 Å². The molecule has 1 amide bonds. The molecule has 1 aliphatic carbocycles. The van der Waals surface area contributed by atoms with E-state index < -0.39 is 0 Å². The van der Waals surface area contributed by atoms with Gasteiger partial charge in [-0.2, -0.15) is 0 Å². The number of terminal acetylenes is 1. The van der Waals surface area contributed by atoms with Crippen molar-refractivity contribution in [2.24, 2.45) is 5.41 Å². The van der Waals surface area contributed by atoms with Crippen LogP contribution >= 0.6 is 0 Å². The molecule has 0 spiro atoms. The van der Waals surface area contributed by atoms with Crippen molar-refractivity contribution in [3.8, 4) is 12.3 Å². The second kappa shape index (κ2) is 3.43. The van der Waals surface area contributed by atoms with E-state index in [4.69, 9.17) is 6.42 Å². The van der Waals surface area contributed by atoms with Gasteiger partial charge in [0.05, 0.1) is 5.69 Å². The maximum Gasteiger partial charge on any atom is 0.230 e. The summed E-state index contributed by atoms with van der Waals surface area (Å²) in [5, 5.41) is 2.88. The van der Waals surface area contributed by atoms with Crippen LogP contribution in [0.2, 0.25) is 0 Å². The highest BCUT2D eigenvalue weighted by atomic mass is 16.2. The van der Waals surface area contributed by atoms with E-state index in [-0.39, 0.29) is 11.3 Å². The van der Waals surface area contributed by atoms with Crippen molar-refractivity contribution in [2.75, 3.05) is 5.32 Å². The summed E-state index contributed by atoms with van der Waals surface area (Å²) in [7, 11) is 0. The number of hydrogen-bond acceptors (Lipinski definition) is 1. The lowest BCUT2D eigenvalue weighted by atomic mass is 10.1. The Bertz CT molecular complexity index is 438. The highest BCUT2D eigenvalue weighted by Gasteiger charge is 2.44. The van der Waals surface area contributed by atoms with Crippen LogP contribution in [0.5, 0.6) is 0 Å². The maximum absolute atomic E-state index is 11.8. The molecule has 1 aliphatic rings. The zero-order chi connectivity index (χ0) is 10.9. The largest absolute Gasteiger partial charge is 0.324 e. The smallest absolute Gasteiger partial charge is 0.230 e. The minimum Gasteiger partial charge on any atom is -0.324 e. The summed E-state index contributed by atoms with van der Waals surface area (Å²) in [6.07, 6.45) is 7.29.